The number of halogens is 4. The molecule has 2 aliphatic rings. The number of hydrogen-bond donors (Lipinski definition) is 5. The van der Waals surface area contributed by atoms with Gasteiger partial charge in [-0.3, -0.25) is 9.59 Å². The molecule has 0 aliphatic carbocycles. The lowest BCUT2D eigenvalue weighted by Gasteiger charge is -2.33. The highest BCUT2D eigenvalue weighted by molar-refractivity contribution is 7.89. The van der Waals surface area contributed by atoms with E-state index in [1.165, 1.54) is 18.2 Å². The number of ether oxygens (including phenoxy) is 4. The zero-order valence-electron chi connectivity index (χ0n) is 42.2. The molecule has 0 fully saturated rings. The number of sulfonamides is 2. The molecule has 2 aliphatic heterocycles. The predicted octanol–water partition coefficient (Wildman–Crippen LogP) is 6.91. The van der Waals surface area contributed by atoms with Crippen molar-refractivity contribution in [2.24, 2.45) is 0 Å². The van der Waals surface area contributed by atoms with Crippen LogP contribution in [0.25, 0.3) is 0 Å². The first-order valence-corrected chi connectivity index (χ1v) is 29.2. The third-order valence-corrected chi connectivity index (χ3v) is 16.8. The van der Waals surface area contributed by atoms with Crippen LogP contribution in [-0.4, -0.2) is 145 Å². The Hall–Kier alpha value is -4.42. The van der Waals surface area contributed by atoms with Gasteiger partial charge in [-0.2, -0.15) is 0 Å². The van der Waals surface area contributed by atoms with Crippen LogP contribution in [0.2, 0.25) is 20.1 Å². The monoisotopic (exact) mass is 1160 g/mol. The highest BCUT2D eigenvalue weighted by Gasteiger charge is 2.29. The number of benzene rings is 5. The van der Waals surface area contributed by atoms with Gasteiger partial charge in [-0.25, -0.2) is 26.3 Å². The summed E-state index contributed by atoms with van der Waals surface area (Å²) >= 11 is 25.7. The Morgan fingerprint density at radius 3 is 1.33 bits per heavy atom. The number of nitrogens with zero attached hydrogens (tertiary/aromatic N) is 2. The average molecular weight is 1160 g/mol. The van der Waals surface area contributed by atoms with Crippen molar-refractivity contribution in [3.05, 3.63) is 156 Å². The van der Waals surface area contributed by atoms with E-state index in [9.17, 15) is 26.4 Å². The van der Waals surface area contributed by atoms with Crippen LogP contribution < -0.4 is 25.8 Å². The van der Waals surface area contributed by atoms with Crippen LogP contribution in [0.15, 0.2) is 101 Å². The van der Waals surface area contributed by atoms with Crippen LogP contribution in [0.3, 0.4) is 0 Å². The van der Waals surface area contributed by atoms with E-state index in [0.29, 0.717) is 52.8 Å². The number of fused-ring (bicyclic) bond motifs is 2. The van der Waals surface area contributed by atoms with E-state index < -0.39 is 31.9 Å². The summed E-state index contributed by atoms with van der Waals surface area (Å²) in [6, 6.07) is 25.4. The second-order valence-electron chi connectivity index (χ2n) is 18.5. The van der Waals surface area contributed by atoms with Gasteiger partial charge in [-0.1, -0.05) is 70.7 Å². The molecule has 7 rings (SSSR count). The maximum absolute atomic E-state index is 13.0. The van der Waals surface area contributed by atoms with Gasteiger partial charge < -0.3 is 45.1 Å². The van der Waals surface area contributed by atoms with Crippen LogP contribution in [0, 0.1) is 0 Å². The van der Waals surface area contributed by atoms with Crippen molar-refractivity contribution < 1.29 is 45.4 Å². The van der Waals surface area contributed by atoms with Gasteiger partial charge in [0.05, 0.1) is 49.4 Å². The summed E-state index contributed by atoms with van der Waals surface area (Å²) in [5.74, 6) is -0.887. The number of carbonyl (C=O) groups excluding carboxylic acids is 2. The molecule has 0 spiro atoms. The number of hydrogen-bond acceptors (Lipinski definition) is 13. The smallest absolute Gasteiger partial charge is 0.251 e. The van der Waals surface area contributed by atoms with E-state index in [0.717, 1.165) is 46.5 Å². The van der Waals surface area contributed by atoms with Crippen molar-refractivity contribution in [3.8, 4) is 0 Å². The van der Waals surface area contributed by atoms with Crippen LogP contribution in [0.4, 0.5) is 5.69 Å². The second kappa shape index (κ2) is 27.9. The van der Waals surface area contributed by atoms with E-state index >= 15 is 0 Å². The Morgan fingerprint density at radius 1 is 0.539 bits per heavy atom. The van der Waals surface area contributed by atoms with E-state index in [-0.39, 0.29) is 104 Å². The minimum absolute atomic E-state index is 0.00662. The fourth-order valence-corrected chi connectivity index (χ4v) is 12.2. The first-order valence-electron chi connectivity index (χ1n) is 24.7. The van der Waals surface area contributed by atoms with E-state index in [2.05, 4.69) is 29.9 Å². The Morgan fingerprint density at radius 2 is 0.921 bits per heavy atom. The average Bonchev–Trinajstić information content (AvgIpc) is 3.40. The molecule has 17 nitrogen and oxygen atoms in total. The van der Waals surface area contributed by atoms with Crippen LogP contribution in [0.5, 0.6) is 0 Å². The molecule has 5 aromatic carbocycles. The summed E-state index contributed by atoms with van der Waals surface area (Å²) in [5, 5.41) is 7.85. The van der Waals surface area contributed by atoms with Gasteiger partial charge in [0.1, 0.15) is 0 Å². The quantitative estimate of drug-likeness (QED) is 0.0267. The Kier molecular flexibility index (Phi) is 21.8. The maximum atomic E-state index is 13.0. The predicted molar refractivity (Wildman–Crippen MR) is 296 cm³/mol. The van der Waals surface area contributed by atoms with Crippen LogP contribution in [-0.2, 0) is 52.1 Å². The van der Waals surface area contributed by atoms with Gasteiger partial charge >= 0.3 is 0 Å². The largest absolute Gasteiger partial charge is 0.399 e. The summed E-state index contributed by atoms with van der Waals surface area (Å²) in [4.78, 5) is 30.4. The van der Waals surface area contributed by atoms with Gasteiger partial charge in [0.15, 0.2) is 0 Å². The van der Waals surface area contributed by atoms with E-state index in [1.807, 2.05) is 50.5 Å². The van der Waals surface area contributed by atoms with Crippen molar-refractivity contribution in [2.75, 3.05) is 112 Å². The summed E-state index contributed by atoms with van der Waals surface area (Å²) < 4.78 is 79.4. The van der Waals surface area contributed by atoms with Crippen LogP contribution >= 0.6 is 46.4 Å². The first kappa shape index (κ1) is 59.2. The number of rotatable bonds is 27. The Bertz CT molecular complexity index is 3030. The van der Waals surface area contributed by atoms with E-state index in [1.54, 1.807) is 36.4 Å². The van der Waals surface area contributed by atoms with Crippen molar-refractivity contribution >= 4 is 84.0 Å². The van der Waals surface area contributed by atoms with Crippen LogP contribution in [0.1, 0.15) is 72.4 Å². The third-order valence-electron chi connectivity index (χ3n) is 12.7. The summed E-state index contributed by atoms with van der Waals surface area (Å²) in [5.41, 5.74) is 12.7. The van der Waals surface area contributed by atoms with Crippen molar-refractivity contribution in [1.29, 1.82) is 0 Å². The molecule has 76 heavy (non-hydrogen) atoms. The van der Waals surface area contributed by atoms with E-state index in [4.69, 9.17) is 71.1 Å². The first-order chi connectivity index (χ1) is 36.4. The second-order valence-corrected chi connectivity index (χ2v) is 23.7. The lowest BCUT2D eigenvalue weighted by atomic mass is 9.85. The third kappa shape index (κ3) is 16.6. The van der Waals surface area contributed by atoms with Gasteiger partial charge in [0.25, 0.3) is 11.8 Å². The zero-order chi connectivity index (χ0) is 54.4. The molecule has 0 aromatic heterocycles. The molecule has 410 valence electrons. The van der Waals surface area contributed by atoms with Gasteiger partial charge in [-0.15, -0.1) is 0 Å². The lowest BCUT2D eigenvalue weighted by Crippen LogP contribution is -2.31. The minimum atomic E-state index is -3.78. The molecule has 2 atom stereocenters. The van der Waals surface area contributed by atoms with Crippen molar-refractivity contribution in [2.45, 2.75) is 41.1 Å². The lowest BCUT2D eigenvalue weighted by molar-refractivity contribution is 0.0503. The molecule has 0 saturated heterocycles. The molecular weight excluding hydrogens is 1100 g/mol. The molecule has 0 radical (unpaired) electrons. The molecule has 0 bridgehead atoms. The molecule has 0 saturated carbocycles. The van der Waals surface area contributed by atoms with Gasteiger partial charge in [-0.05, 0) is 121 Å². The number of carbonyl (C=O) groups is 2. The normalized spacial score (nSPS) is 16.0. The van der Waals surface area contributed by atoms with Crippen molar-refractivity contribution in [3.63, 3.8) is 0 Å². The number of amides is 2. The fourth-order valence-electron chi connectivity index (χ4n) is 9.06. The Balaban J connectivity index is 0.700. The number of likely N-dealkylation sites (N-methyl/N-ethyl adjacent to an activating group) is 2. The standard InChI is InChI=1S/C53H63Cl4N7O10S2/c1-63-31-46(44-27-39(54)29-50(56)48(44)33-63)35-4-8-42(9-5-35)75(67,68)61-14-20-72-17-3-16-71-18-12-59-52(65)37-24-38(26-41(58)25-37)53(66)60-13-19-73-22-23-74-21-15-62-76(69,70)43-10-6-36(7-11-43)47-32-64(2)34-49-45(47)28-40(55)30-51(49)57/h4-11,24-30,46-47,61-62H,3,12-23,31-34,58H2,1-2H3,(H,59,65)(H,60,66). The topological polar surface area (TPSA) is 220 Å². The summed E-state index contributed by atoms with van der Waals surface area (Å²) in [6.07, 6.45) is 0.554. The highest BCUT2D eigenvalue weighted by atomic mass is 35.5. The molecule has 2 amide bonds. The highest BCUT2D eigenvalue weighted by Crippen LogP contribution is 2.40. The SMILES string of the molecule is CN1Cc2c(Cl)cc(Cl)cc2C(c2ccc(S(=O)(=O)NCCOCCCOCCNC(=O)c3cc(N)cc(C(=O)NCCOCCOCCNS(=O)(=O)c4ccc(C5CN(C)Cc6c(Cl)cc(Cl)cc65)cc4)c3)cc2)C1. The Labute approximate surface area is 465 Å². The molecular formula is C53H63Cl4N7O10S2. The summed E-state index contributed by atoms with van der Waals surface area (Å²) in [7, 11) is -3.50. The van der Waals surface area contributed by atoms with Gasteiger partial charge in [0.2, 0.25) is 20.0 Å². The molecule has 23 heteroatoms. The summed E-state index contributed by atoms with van der Waals surface area (Å²) in [6.45, 7) is 5.27. The number of nitrogens with one attached hydrogen (secondary N) is 4. The van der Waals surface area contributed by atoms with Crippen molar-refractivity contribution in [1.82, 2.24) is 29.9 Å². The molecule has 2 unspecified atom stereocenters. The molecule has 6 N–H and O–H groups in total. The number of nitrogens with two attached hydrogens (primary N) is 1. The molecule has 2 heterocycles. The number of nitrogen functional groups attached to an aromatic ring is 1. The fraction of sp³-hybridized carbons (Fsp3) is 0.396. The maximum Gasteiger partial charge on any atom is 0.251 e. The minimum Gasteiger partial charge on any atom is -0.399 e. The van der Waals surface area contributed by atoms with Gasteiger partial charge in [0, 0.05) is 114 Å². The molecule has 5 aromatic rings. The number of anilines is 1. The zero-order valence-corrected chi connectivity index (χ0v) is 46.9.